The molecule has 0 amide bonds. The van der Waals surface area contributed by atoms with E-state index in [9.17, 15) is 19.5 Å². The Morgan fingerprint density at radius 1 is 1.30 bits per heavy atom. The number of Topliss-reactive ketones (excluding diaryl/α,β-unsaturated/α-hetero) is 1. The molecule has 5 nitrogen and oxygen atoms in total. The van der Waals surface area contributed by atoms with E-state index in [-0.39, 0.29) is 36.9 Å². The number of carbonyl (C=O) groups excluding carboxylic acids is 3. The number of aliphatic hydroxyl groups is 1. The lowest BCUT2D eigenvalue weighted by atomic mass is 9.45. The van der Waals surface area contributed by atoms with Crippen molar-refractivity contribution in [3.63, 3.8) is 0 Å². The first-order valence-electron chi connectivity index (χ1n) is 10.8. The Kier molecular flexibility index (Phi) is 4.92. The van der Waals surface area contributed by atoms with Gasteiger partial charge in [-0.3, -0.25) is 14.4 Å². The number of halogens is 1. The molecular weight excluding hydrogens is 387 g/mol. The number of alkyl halides is 1. The van der Waals surface area contributed by atoms with Crippen molar-refractivity contribution >= 4 is 17.5 Å². The fraction of sp³-hybridized carbons (Fsp3) is 0.625. The van der Waals surface area contributed by atoms with E-state index >= 15 is 4.39 Å². The van der Waals surface area contributed by atoms with Gasteiger partial charge in [-0.15, -0.1) is 0 Å². The predicted molar refractivity (Wildman–Crippen MR) is 108 cm³/mol. The summed E-state index contributed by atoms with van der Waals surface area (Å²) < 4.78 is 21.9. The second-order valence-electron chi connectivity index (χ2n) is 9.56. The molecular formula is C24H29FO5. The number of hydrogen-bond acceptors (Lipinski definition) is 5. The van der Waals surface area contributed by atoms with Gasteiger partial charge < -0.3 is 9.84 Å². The fourth-order valence-electron chi connectivity index (χ4n) is 6.54. The lowest BCUT2D eigenvalue weighted by Gasteiger charge is -2.61. The Hall–Kier alpha value is -2.08. The quantitative estimate of drug-likeness (QED) is 0.711. The Morgan fingerprint density at radius 2 is 2.03 bits per heavy atom. The molecule has 2 saturated carbocycles. The maximum Gasteiger partial charge on any atom is 0.305 e. The standard InChI is InChI=1S/C24H29FO5/c1-4-21(29)30-13-19(27)18-8-7-16-17-6-5-14-11-15(26)9-10-23(14,3)24(17,25)20(28)12-22(16,18)2/h8-11,16-17,20,28H,4-7,12-13H2,1-3H3/t16-,17-,20-,22-,23-,24-/m0/s1. The molecule has 0 aliphatic heterocycles. The molecule has 0 aromatic rings. The van der Waals surface area contributed by atoms with E-state index in [0.717, 1.165) is 5.57 Å². The third-order valence-electron chi connectivity index (χ3n) is 8.18. The van der Waals surface area contributed by atoms with Crippen LogP contribution in [0.2, 0.25) is 0 Å². The average Bonchev–Trinajstić information content (AvgIpc) is 3.04. The molecule has 30 heavy (non-hydrogen) atoms. The summed E-state index contributed by atoms with van der Waals surface area (Å²) >= 11 is 0. The number of carbonyl (C=O) groups is 3. The van der Waals surface area contributed by atoms with Gasteiger partial charge in [-0.25, -0.2) is 4.39 Å². The van der Waals surface area contributed by atoms with Crippen LogP contribution in [0.25, 0.3) is 0 Å². The monoisotopic (exact) mass is 416 g/mol. The van der Waals surface area contributed by atoms with Crippen molar-refractivity contribution in [1.29, 1.82) is 0 Å². The largest absolute Gasteiger partial charge is 0.457 e. The molecule has 4 rings (SSSR count). The van der Waals surface area contributed by atoms with Crippen LogP contribution in [0.5, 0.6) is 0 Å². The summed E-state index contributed by atoms with van der Waals surface area (Å²) in [5.41, 5.74) is -2.32. The highest BCUT2D eigenvalue weighted by molar-refractivity contribution is 6.01. The molecule has 4 aliphatic carbocycles. The number of hydrogen-bond donors (Lipinski definition) is 1. The minimum absolute atomic E-state index is 0.120. The van der Waals surface area contributed by atoms with E-state index in [4.69, 9.17) is 4.74 Å². The van der Waals surface area contributed by atoms with E-state index in [1.54, 1.807) is 19.9 Å². The highest BCUT2D eigenvalue weighted by atomic mass is 19.1. The fourth-order valence-corrected chi connectivity index (χ4v) is 6.54. The summed E-state index contributed by atoms with van der Waals surface area (Å²) in [6, 6.07) is 0. The molecule has 1 N–H and O–H groups in total. The Morgan fingerprint density at radius 3 is 2.73 bits per heavy atom. The maximum atomic E-state index is 16.9. The van der Waals surface area contributed by atoms with Crippen LogP contribution in [0.1, 0.15) is 52.9 Å². The lowest BCUT2D eigenvalue weighted by molar-refractivity contribution is -0.185. The molecule has 0 bridgehead atoms. The number of rotatable bonds is 4. The number of allylic oxidation sites excluding steroid dienone is 5. The third kappa shape index (κ3) is 2.72. The van der Waals surface area contributed by atoms with Crippen molar-refractivity contribution in [2.45, 2.75) is 64.6 Å². The van der Waals surface area contributed by atoms with Crippen LogP contribution in [0, 0.1) is 22.7 Å². The molecule has 0 aromatic heterocycles. The molecule has 0 unspecified atom stereocenters. The van der Waals surface area contributed by atoms with Gasteiger partial charge in [0.25, 0.3) is 0 Å². The van der Waals surface area contributed by atoms with Gasteiger partial charge >= 0.3 is 5.97 Å². The average molecular weight is 416 g/mol. The highest BCUT2D eigenvalue weighted by Gasteiger charge is 2.69. The highest BCUT2D eigenvalue weighted by Crippen LogP contribution is 2.67. The van der Waals surface area contributed by atoms with Gasteiger partial charge in [0.15, 0.2) is 23.8 Å². The van der Waals surface area contributed by atoms with Crippen molar-refractivity contribution in [3.05, 3.63) is 35.5 Å². The van der Waals surface area contributed by atoms with Gasteiger partial charge in [-0.05, 0) is 50.7 Å². The molecule has 0 heterocycles. The predicted octanol–water partition coefficient (Wildman–Crippen LogP) is 3.42. The van der Waals surface area contributed by atoms with Crippen molar-refractivity contribution in [2.24, 2.45) is 22.7 Å². The third-order valence-corrected chi connectivity index (χ3v) is 8.18. The van der Waals surface area contributed by atoms with Gasteiger partial charge in [0.1, 0.15) is 0 Å². The Labute approximate surface area is 176 Å². The summed E-state index contributed by atoms with van der Waals surface area (Å²) in [5, 5.41) is 11.2. The van der Waals surface area contributed by atoms with E-state index in [2.05, 4.69) is 0 Å². The van der Waals surface area contributed by atoms with E-state index in [1.807, 2.05) is 13.0 Å². The molecule has 162 valence electrons. The van der Waals surface area contributed by atoms with Gasteiger partial charge in [0.05, 0.1) is 6.10 Å². The zero-order valence-corrected chi connectivity index (χ0v) is 17.7. The van der Waals surface area contributed by atoms with Crippen molar-refractivity contribution in [2.75, 3.05) is 6.61 Å². The number of ketones is 2. The Balaban J connectivity index is 1.65. The number of ether oxygens (including phenoxy) is 1. The summed E-state index contributed by atoms with van der Waals surface area (Å²) in [6.07, 6.45) is 7.11. The molecule has 2 fully saturated rings. The van der Waals surface area contributed by atoms with Crippen LogP contribution in [-0.4, -0.2) is 41.0 Å². The zero-order chi connectivity index (χ0) is 21.9. The maximum absolute atomic E-state index is 16.9. The van der Waals surface area contributed by atoms with Crippen molar-refractivity contribution in [1.82, 2.24) is 0 Å². The van der Waals surface area contributed by atoms with Crippen molar-refractivity contribution in [3.8, 4) is 0 Å². The lowest BCUT2D eigenvalue weighted by Crippen LogP contribution is -2.66. The minimum Gasteiger partial charge on any atom is -0.457 e. The van der Waals surface area contributed by atoms with Gasteiger partial charge in [-0.1, -0.05) is 31.6 Å². The minimum atomic E-state index is -1.90. The van der Waals surface area contributed by atoms with Crippen LogP contribution < -0.4 is 0 Å². The summed E-state index contributed by atoms with van der Waals surface area (Å²) in [6.45, 7) is 5.04. The van der Waals surface area contributed by atoms with Gasteiger partial charge in [0, 0.05) is 28.7 Å². The topological polar surface area (TPSA) is 80.7 Å². The molecule has 6 atom stereocenters. The van der Waals surface area contributed by atoms with Gasteiger partial charge in [-0.2, -0.15) is 0 Å². The van der Waals surface area contributed by atoms with Gasteiger partial charge in [0.2, 0.25) is 0 Å². The second kappa shape index (κ2) is 6.98. The first kappa shape index (κ1) is 21.2. The first-order chi connectivity index (χ1) is 14.1. The van der Waals surface area contributed by atoms with E-state index in [1.165, 1.54) is 12.2 Å². The molecule has 6 heteroatoms. The number of aliphatic hydroxyl groups excluding tert-OH is 1. The van der Waals surface area contributed by atoms with E-state index < -0.39 is 34.5 Å². The smallest absolute Gasteiger partial charge is 0.305 e. The van der Waals surface area contributed by atoms with Crippen LogP contribution in [0.3, 0.4) is 0 Å². The zero-order valence-electron chi connectivity index (χ0n) is 17.7. The molecule has 0 radical (unpaired) electrons. The summed E-state index contributed by atoms with van der Waals surface area (Å²) in [7, 11) is 0. The molecule has 4 aliphatic rings. The number of fused-ring (bicyclic) bond motifs is 5. The SMILES string of the molecule is CCC(=O)OCC(=O)C1=CC[C@H]2[C@@H]3CCC4=CC(=O)C=C[C@]4(C)[C@@]3(F)[C@@H](O)C[C@]12C. The first-order valence-corrected chi connectivity index (χ1v) is 10.8. The second-order valence-corrected chi connectivity index (χ2v) is 9.56. The van der Waals surface area contributed by atoms with Crippen LogP contribution >= 0.6 is 0 Å². The van der Waals surface area contributed by atoms with Crippen LogP contribution in [0.4, 0.5) is 4.39 Å². The normalized spacial score (nSPS) is 41.9. The molecule has 0 spiro atoms. The summed E-state index contributed by atoms with van der Waals surface area (Å²) in [5.74, 6) is -1.42. The van der Waals surface area contributed by atoms with E-state index in [0.29, 0.717) is 24.8 Å². The van der Waals surface area contributed by atoms with Crippen molar-refractivity contribution < 1.29 is 28.6 Å². The number of esters is 1. The summed E-state index contributed by atoms with van der Waals surface area (Å²) in [4.78, 5) is 36.1. The van der Waals surface area contributed by atoms with Crippen LogP contribution in [0.15, 0.2) is 35.5 Å². The molecule has 0 saturated heterocycles. The Bertz CT molecular complexity index is 901. The van der Waals surface area contributed by atoms with Crippen LogP contribution in [-0.2, 0) is 19.1 Å². The molecule has 0 aromatic carbocycles.